The molecule has 4 rings (SSSR count). The van der Waals surface area contributed by atoms with Crippen molar-refractivity contribution in [3.05, 3.63) is 65.9 Å². The van der Waals surface area contributed by atoms with E-state index >= 15 is 0 Å². The number of nitrogens with zero attached hydrogens (tertiary/aromatic N) is 2. The molecule has 1 N–H and O–H groups in total. The van der Waals surface area contributed by atoms with E-state index in [4.69, 9.17) is 9.47 Å². The molecule has 2 aromatic carbocycles. The van der Waals surface area contributed by atoms with E-state index in [1.807, 2.05) is 12.1 Å². The quantitative estimate of drug-likeness (QED) is 0.757. The van der Waals surface area contributed by atoms with Gasteiger partial charge in [0.1, 0.15) is 17.7 Å². The van der Waals surface area contributed by atoms with E-state index in [-0.39, 0.29) is 12.0 Å². The Morgan fingerprint density at radius 2 is 2.04 bits per heavy atom. The fourth-order valence-corrected chi connectivity index (χ4v) is 3.57. The third kappa shape index (κ3) is 3.51. The molecule has 0 radical (unpaired) electrons. The normalized spacial score (nSPS) is 16.8. The van der Waals surface area contributed by atoms with Gasteiger partial charge >= 0.3 is 0 Å². The Morgan fingerprint density at radius 3 is 2.86 bits per heavy atom. The highest BCUT2D eigenvalue weighted by Gasteiger charge is 2.26. The van der Waals surface area contributed by atoms with Gasteiger partial charge in [-0.15, -0.1) is 0 Å². The number of carbonyl (C=O) groups is 1. The molecule has 144 valence electrons. The second-order valence-corrected chi connectivity index (χ2v) is 6.73. The van der Waals surface area contributed by atoms with Gasteiger partial charge in [-0.3, -0.25) is 4.79 Å². The maximum atomic E-state index is 12.2. The Kier molecular flexibility index (Phi) is 5.12. The molecule has 1 saturated heterocycles. The van der Waals surface area contributed by atoms with E-state index in [1.165, 1.54) is 0 Å². The predicted octanol–water partition coefficient (Wildman–Crippen LogP) is 3.18. The van der Waals surface area contributed by atoms with Crippen LogP contribution in [0, 0.1) is 0 Å². The number of nitrogens with one attached hydrogen (secondary N) is 1. The molecule has 1 atom stereocenters. The van der Waals surface area contributed by atoms with Crippen molar-refractivity contribution in [1.29, 1.82) is 0 Å². The number of ether oxygens (including phenoxy) is 2. The molecule has 6 nitrogen and oxygen atoms in total. The fraction of sp³-hybridized carbons (Fsp3) is 0.273. The van der Waals surface area contributed by atoms with Crippen molar-refractivity contribution in [3.8, 4) is 5.75 Å². The summed E-state index contributed by atoms with van der Waals surface area (Å²) in [5, 5.41) is 4.95. The summed E-state index contributed by atoms with van der Waals surface area (Å²) in [5.74, 6) is 1.41. The first-order chi connectivity index (χ1) is 13.7. The monoisotopic (exact) mass is 377 g/mol. The van der Waals surface area contributed by atoms with Gasteiger partial charge < -0.3 is 19.7 Å². The zero-order valence-corrected chi connectivity index (χ0v) is 16.0. The van der Waals surface area contributed by atoms with Crippen LogP contribution in [0.15, 0.2) is 54.7 Å². The molecule has 3 aromatic rings. The van der Waals surface area contributed by atoms with E-state index in [0.29, 0.717) is 31.1 Å². The Bertz CT molecular complexity index is 1010. The average molecular weight is 377 g/mol. The number of aromatic nitrogens is 1. The number of amides is 1. The smallest absolute Gasteiger partial charge is 0.254 e. The van der Waals surface area contributed by atoms with E-state index in [1.54, 1.807) is 32.5 Å². The first-order valence-corrected chi connectivity index (χ1v) is 9.31. The van der Waals surface area contributed by atoms with Crippen molar-refractivity contribution >= 4 is 22.5 Å². The Balaban J connectivity index is 1.61. The molecule has 0 bridgehead atoms. The maximum Gasteiger partial charge on any atom is 0.254 e. The van der Waals surface area contributed by atoms with Gasteiger partial charge in [0.15, 0.2) is 0 Å². The van der Waals surface area contributed by atoms with Crippen molar-refractivity contribution in [3.63, 3.8) is 0 Å². The summed E-state index contributed by atoms with van der Waals surface area (Å²) < 4.78 is 11.3. The number of hydrogen-bond donors (Lipinski definition) is 1. The molecule has 1 aliphatic rings. The van der Waals surface area contributed by atoms with Crippen LogP contribution in [-0.2, 0) is 4.74 Å². The molecular weight excluding hydrogens is 354 g/mol. The van der Waals surface area contributed by atoms with Crippen LogP contribution in [0.25, 0.3) is 10.8 Å². The van der Waals surface area contributed by atoms with E-state index in [0.717, 1.165) is 22.1 Å². The van der Waals surface area contributed by atoms with Crippen molar-refractivity contribution in [1.82, 2.24) is 10.3 Å². The van der Waals surface area contributed by atoms with Gasteiger partial charge in [-0.05, 0) is 46.7 Å². The number of carbonyl (C=O) groups excluding carboxylic acids is 1. The predicted molar refractivity (Wildman–Crippen MR) is 109 cm³/mol. The Hall–Kier alpha value is -3.12. The van der Waals surface area contributed by atoms with Gasteiger partial charge in [-0.2, -0.15) is 0 Å². The van der Waals surface area contributed by atoms with Crippen LogP contribution < -0.4 is 15.0 Å². The van der Waals surface area contributed by atoms with Crippen LogP contribution in [0.5, 0.6) is 5.75 Å². The Morgan fingerprint density at radius 1 is 1.21 bits per heavy atom. The second-order valence-electron chi connectivity index (χ2n) is 6.73. The molecule has 28 heavy (non-hydrogen) atoms. The lowest BCUT2D eigenvalue weighted by atomic mass is 10.0. The lowest BCUT2D eigenvalue weighted by Gasteiger charge is -2.34. The van der Waals surface area contributed by atoms with Crippen LogP contribution in [0.2, 0.25) is 0 Å². The largest absolute Gasteiger partial charge is 0.497 e. The van der Waals surface area contributed by atoms with Crippen LogP contribution in [0.1, 0.15) is 22.0 Å². The number of rotatable bonds is 4. The molecule has 1 amide bonds. The minimum absolute atomic E-state index is 0.0835. The number of benzene rings is 2. The summed E-state index contributed by atoms with van der Waals surface area (Å²) in [6, 6.07) is 16.0. The van der Waals surface area contributed by atoms with Crippen molar-refractivity contribution in [2.24, 2.45) is 0 Å². The number of pyridine rings is 1. The van der Waals surface area contributed by atoms with Crippen LogP contribution >= 0.6 is 0 Å². The van der Waals surface area contributed by atoms with Gasteiger partial charge in [-0.1, -0.05) is 18.2 Å². The zero-order chi connectivity index (χ0) is 19.5. The topological polar surface area (TPSA) is 63.7 Å². The minimum Gasteiger partial charge on any atom is -0.497 e. The molecule has 1 aromatic heterocycles. The second kappa shape index (κ2) is 7.86. The van der Waals surface area contributed by atoms with Crippen molar-refractivity contribution in [2.45, 2.75) is 6.10 Å². The molecule has 0 saturated carbocycles. The van der Waals surface area contributed by atoms with Crippen LogP contribution in [0.3, 0.4) is 0 Å². The highest BCUT2D eigenvalue weighted by molar-refractivity contribution is 5.98. The number of methoxy groups -OCH3 is 1. The highest BCUT2D eigenvalue weighted by atomic mass is 16.5. The van der Waals surface area contributed by atoms with Crippen molar-refractivity contribution in [2.75, 3.05) is 38.8 Å². The van der Waals surface area contributed by atoms with Crippen LogP contribution in [0.4, 0.5) is 5.82 Å². The average Bonchev–Trinajstić information content (AvgIpc) is 2.77. The van der Waals surface area contributed by atoms with Gasteiger partial charge in [0.2, 0.25) is 0 Å². The summed E-state index contributed by atoms with van der Waals surface area (Å²) in [6.45, 7) is 1.92. The molecule has 2 heterocycles. The zero-order valence-electron chi connectivity index (χ0n) is 16.0. The highest BCUT2D eigenvalue weighted by Crippen LogP contribution is 2.30. The fourth-order valence-electron chi connectivity index (χ4n) is 3.57. The first-order valence-electron chi connectivity index (χ1n) is 9.31. The number of fused-ring (bicyclic) bond motifs is 1. The molecule has 1 unspecified atom stereocenters. The Labute approximate surface area is 164 Å². The summed E-state index contributed by atoms with van der Waals surface area (Å²) >= 11 is 0. The molecule has 0 spiro atoms. The maximum absolute atomic E-state index is 12.2. The number of morpholine rings is 1. The number of hydrogen-bond acceptors (Lipinski definition) is 5. The molecule has 6 heteroatoms. The number of anilines is 1. The van der Waals surface area contributed by atoms with E-state index in [9.17, 15) is 4.79 Å². The SMILES string of the molecule is CNC(=O)c1cccnc1N1CCOC(c2ccc3cc(OC)ccc3c2)C1. The van der Waals surface area contributed by atoms with Crippen molar-refractivity contribution < 1.29 is 14.3 Å². The molecule has 1 aliphatic heterocycles. The van der Waals surface area contributed by atoms with Gasteiger partial charge in [0.05, 0.1) is 19.3 Å². The molecule has 0 aliphatic carbocycles. The molecule has 1 fully saturated rings. The third-order valence-corrected chi connectivity index (χ3v) is 5.07. The van der Waals surface area contributed by atoms with E-state index in [2.05, 4.69) is 39.5 Å². The molecular formula is C22H23N3O3. The standard InChI is InChI=1S/C22H23N3O3/c1-23-22(26)19-4-3-9-24-21(19)25-10-11-28-20(14-25)17-6-5-16-13-18(27-2)8-7-15(16)12-17/h3-9,12-13,20H,10-11,14H2,1-2H3,(H,23,26). The summed E-state index contributed by atoms with van der Waals surface area (Å²) in [5.41, 5.74) is 1.69. The summed E-state index contributed by atoms with van der Waals surface area (Å²) in [7, 11) is 3.30. The van der Waals surface area contributed by atoms with Gasteiger partial charge in [-0.25, -0.2) is 4.98 Å². The van der Waals surface area contributed by atoms with Gasteiger partial charge in [0, 0.05) is 26.3 Å². The van der Waals surface area contributed by atoms with Gasteiger partial charge in [0.25, 0.3) is 5.91 Å². The summed E-state index contributed by atoms with van der Waals surface area (Å²) in [6.07, 6.45) is 1.63. The van der Waals surface area contributed by atoms with Crippen LogP contribution in [-0.4, -0.2) is 44.7 Å². The minimum atomic E-state index is -0.134. The third-order valence-electron chi connectivity index (χ3n) is 5.07. The first kappa shape index (κ1) is 18.3. The lowest BCUT2D eigenvalue weighted by molar-refractivity contribution is 0.0395. The summed E-state index contributed by atoms with van der Waals surface area (Å²) in [4.78, 5) is 18.8. The van der Waals surface area contributed by atoms with E-state index < -0.39 is 0 Å². The lowest BCUT2D eigenvalue weighted by Crippen LogP contribution is -2.40.